The standard InChI is InChI=1S/C18H22N2O4S/c1-12(2)17(18(22)19-14-5-4-6-15(21)11-14)20-25(23,24)16-9-7-13(3)8-10-16/h4-12,17,20-21H,1-3H3,(H,19,22)/t17-/m0/s1. The van der Waals surface area contributed by atoms with Crippen molar-refractivity contribution in [3.05, 3.63) is 54.1 Å². The Bertz CT molecular complexity index is 846. The molecule has 134 valence electrons. The fraction of sp³-hybridized carbons (Fsp3) is 0.278. The van der Waals surface area contributed by atoms with Crippen molar-refractivity contribution in [2.24, 2.45) is 5.92 Å². The Morgan fingerprint density at radius 3 is 2.28 bits per heavy atom. The zero-order valence-electron chi connectivity index (χ0n) is 14.4. The molecule has 0 aliphatic rings. The highest BCUT2D eigenvalue weighted by molar-refractivity contribution is 7.89. The zero-order chi connectivity index (χ0) is 18.6. The van der Waals surface area contributed by atoms with E-state index in [0.717, 1.165) is 5.56 Å². The van der Waals surface area contributed by atoms with Crippen molar-refractivity contribution in [2.45, 2.75) is 31.7 Å². The smallest absolute Gasteiger partial charge is 0.242 e. The van der Waals surface area contributed by atoms with Crippen LogP contribution in [0.25, 0.3) is 0 Å². The molecule has 0 fully saturated rings. The third-order valence-corrected chi connectivity index (χ3v) is 5.13. The number of carbonyl (C=O) groups is 1. The summed E-state index contributed by atoms with van der Waals surface area (Å²) in [5, 5.41) is 12.1. The molecular weight excluding hydrogens is 340 g/mol. The molecule has 2 aromatic carbocycles. The second kappa shape index (κ2) is 7.67. The summed E-state index contributed by atoms with van der Waals surface area (Å²) in [6, 6.07) is 11.5. The minimum atomic E-state index is -3.83. The maximum Gasteiger partial charge on any atom is 0.242 e. The monoisotopic (exact) mass is 362 g/mol. The van der Waals surface area contributed by atoms with Crippen LogP contribution in [0.1, 0.15) is 19.4 Å². The average molecular weight is 362 g/mol. The van der Waals surface area contributed by atoms with E-state index in [4.69, 9.17) is 0 Å². The molecule has 1 atom stereocenters. The predicted octanol–water partition coefficient (Wildman–Crippen LogP) is 2.64. The normalized spacial score (nSPS) is 12.8. The molecule has 25 heavy (non-hydrogen) atoms. The number of sulfonamides is 1. The van der Waals surface area contributed by atoms with Gasteiger partial charge in [0.1, 0.15) is 11.8 Å². The van der Waals surface area contributed by atoms with Gasteiger partial charge in [-0.25, -0.2) is 8.42 Å². The van der Waals surface area contributed by atoms with Crippen LogP contribution in [0.15, 0.2) is 53.4 Å². The lowest BCUT2D eigenvalue weighted by Gasteiger charge is -2.21. The molecule has 1 amide bonds. The number of hydrogen-bond acceptors (Lipinski definition) is 4. The molecule has 2 rings (SSSR count). The number of carbonyl (C=O) groups excluding carboxylic acids is 1. The van der Waals surface area contributed by atoms with E-state index in [1.54, 1.807) is 38.1 Å². The van der Waals surface area contributed by atoms with Gasteiger partial charge in [-0.05, 0) is 37.1 Å². The summed E-state index contributed by atoms with van der Waals surface area (Å²) in [6.45, 7) is 5.37. The Labute approximate surface area is 147 Å². The van der Waals surface area contributed by atoms with E-state index in [2.05, 4.69) is 10.0 Å². The van der Waals surface area contributed by atoms with Crippen LogP contribution in [0.5, 0.6) is 5.75 Å². The van der Waals surface area contributed by atoms with Crippen molar-refractivity contribution in [3.63, 3.8) is 0 Å². The highest BCUT2D eigenvalue weighted by atomic mass is 32.2. The van der Waals surface area contributed by atoms with E-state index in [-0.39, 0.29) is 16.6 Å². The summed E-state index contributed by atoms with van der Waals surface area (Å²) in [7, 11) is -3.83. The van der Waals surface area contributed by atoms with Crippen molar-refractivity contribution >= 4 is 21.6 Å². The van der Waals surface area contributed by atoms with Gasteiger partial charge in [0.05, 0.1) is 4.90 Å². The lowest BCUT2D eigenvalue weighted by atomic mass is 10.0. The molecule has 7 heteroatoms. The Morgan fingerprint density at radius 2 is 1.72 bits per heavy atom. The number of rotatable bonds is 6. The molecule has 2 aromatic rings. The fourth-order valence-corrected chi connectivity index (χ4v) is 3.59. The van der Waals surface area contributed by atoms with E-state index >= 15 is 0 Å². The van der Waals surface area contributed by atoms with Crippen LogP contribution in [0.4, 0.5) is 5.69 Å². The van der Waals surface area contributed by atoms with Crippen LogP contribution in [0, 0.1) is 12.8 Å². The summed E-state index contributed by atoms with van der Waals surface area (Å²) >= 11 is 0. The molecule has 0 bridgehead atoms. The molecule has 0 radical (unpaired) electrons. The number of phenolic OH excluding ortho intramolecular Hbond substituents is 1. The molecule has 0 unspecified atom stereocenters. The maximum absolute atomic E-state index is 12.5. The van der Waals surface area contributed by atoms with Gasteiger partial charge in [-0.2, -0.15) is 4.72 Å². The number of anilines is 1. The van der Waals surface area contributed by atoms with E-state index in [1.807, 2.05) is 6.92 Å². The minimum absolute atomic E-state index is 0.0131. The Hall–Kier alpha value is -2.38. The summed E-state index contributed by atoms with van der Waals surface area (Å²) in [6.07, 6.45) is 0. The molecule has 0 spiro atoms. The first kappa shape index (κ1) is 19.0. The number of aryl methyl sites for hydroxylation is 1. The van der Waals surface area contributed by atoms with Crippen molar-refractivity contribution in [1.82, 2.24) is 4.72 Å². The Balaban J connectivity index is 2.19. The van der Waals surface area contributed by atoms with Gasteiger partial charge in [0.25, 0.3) is 0 Å². The quantitative estimate of drug-likeness (QED) is 0.736. The van der Waals surface area contributed by atoms with E-state index < -0.39 is 22.0 Å². The molecule has 0 aromatic heterocycles. The van der Waals surface area contributed by atoms with E-state index in [0.29, 0.717) is 5.69 Å². The van der Waals surface area contributed by atoms with Gasteiger partial charge < -0.3 is 10.4 Å². The lowest BCUT2D eigenvalue weighted by Crippen LogP contribution is -2.47. The number of nitrogens with one attached hydrogen (secondary N) is 2. The van der Waals surface area contributed by atoms with Crippen molar-refractivity contribution in [1.29, 1.82) is 0 Å². The third-order valence-electron chi connectivity index (χ3n) is 3.68. The van der Waals surface area contributed by atoms with E-state index in [9.17, 15) is 18.3 Å². The molecule has 0 heterocycles. The van der Waals surface area contributed by atoms with Gasteiger partial charge in [-0.1, -0.05) is 37.6 Å². The third kappa shape index (κ3) is 5.04. The number of phenols is 1. The molecular formula is C18H22N2O4S. The topological polar surface area (TPSA) is 95.5 Å². The second-order valence-corrected chi connectivity index (χ2v) is 7.91. The second-order valence-electron chi connectivity index (χ2n) is 6.20. The molecule has 0 saturated carbocycles. The number of aromatic hydroxyl groups is 1. The zero-order valence-corrected chi connectivity index (χ0v) is 15.2. The largest absolute Gasteiger partial charge is 0.508 e. The average Bonchev–Trinajstić information content (AvgIpc) is 2.52. The van der Waals surface area contributed by atoms with Gasteiger partial charge in [-0.15, -0.1) is 0 Å². The van der Waals surface area contributed by atoms with Gasteiger partial charge in [0.15, 0.2) is 0 Å². The van der Waals surface area contributed by atoms with Gasteiger partial charge >= 0.3 is 0 Å². The minimum Gasteiger partial charge on any atom is -0.508 e. The summed E-state index contributed by atoms with van der Waals surface area (Å²) < 4.78 is 27.5. The first-order valence-corrected chi connectivity index (χ1v) is 9.36. The molecule has 0 saturated heterocycles. The molecule has 0 aliphatic carbocycles. The first-order valence-electron chi connectivity index (χ1n) is 7.88. The SMILES string of the molecule is Cc1ccc(S(=O)(=O)N[C@H](C(=O)Nc2cccc(O)c2)C(C)C)cc1. The van der Waals surface area contributed by atoms with Crippen LogP contribution in [0.3, 0.4) is 0 Å². The van der Waals surface area contributed by atoms with Gasteiger partial charge in [0, 0.05) is 11.8 Å². The lowest BCUT2D eigenvalue weighted by molar-refractivity contribution is -0.118. The number of amides is 1. The summed E-state index contributed by atoms with van der Waals surface area (Å²) in [4.78, 5) is 12.6. The highest BCUT2D eigenvalue weighted by Gasteiger charge is 2.28. The molecule has 0 aliphatic heterocycles. The number of hydrogen-bond donors (Lipinski definition) is 3. The van der Waals surface area contributed by atoms with E-state index in [1.165, 1.54) is 24.3 Å². The van der Waals surface area contributed by atoms with Crippen LogP contribution in [0.2, 0.25) is 0 Å². The highest BCUT2D eigenvalue weighted by Crippen LogP contribution is 2.18. The number of benzene rings is 2. The fourth-order valence-electron chi connectivity index (χ4n) is 2.25. The van der Waals surface area contributed by atoms with Crippen LogP contribution >= 0.6 is 0 Å². The molecule has 6 nitrogen and oxygen atoms in total. The predicted molar refractivity (Wildman–Crippen MR) is 96.9 cm³/mol. The Morgan fingerprint density at radius 1 is 1.08 bits per heavy atom. The van der Waals surface area contributed by atoms with Crippen molar-refractivity contribution < 1.29 is 18.3 Å². The van der Waals surface area contributed by atoms with Crippen LogP contribution < -0.4 is 10.0 Å². The van der Waals surface area contributed by atoms with Gasteiger partial charge in [0.2, 0.25) is 15.9 Å². The van der Waals surface area contributed by atoms with Crippen LogP contribution in [-0.2, 0) is 14.8 Å². The summed E-state index contributed by atoms with van der Waals surface area (Å²) in [5.74, 6) is -0.743. The summed E-state index contributed by atoms with van der Waals surface area (Å²) in [5.41, 5.74) is 1.34. The van der Waals surface area contributed by atoms with Crippen molar-refractivity contribution in [3.8, 4) is 5.75 Å². The van der Waals surface area contributed by atoms with Gasteiger partial charge in [-0.3, -0.25) is 4.79 Å². The maximum atomic E-state index is 12.5. The Kier molecular flexibility index (Phi) is 5.81. The first-order chi connectivity index (χ1) is 11.7. The van der Waals surface area contributed by atoms with Crippen LogP contribution in [-0.4, -0.2) is 25.5 Å². The molecule has 3 N–H and O–H groups in total. The van der Waals surface area contributed by atoms with Crippen molar-refractivity contribution in [2.75, 3.05) is 5.32 Å².